The van der Waals surface area contributed by atoms with E-state index in [1.807, 2.05) is 19.3 Å². The summed E-state index contributed by atoms with van der Waals surface area (Å²) in [4.78, 5) is 9.07. The zero-order valence-electron chi connectivity index (χ0n) is 11.4. The maximum atomic E-state index is 6.08. The van der Waals surface area contributed by atoms with E-state index in [0.717, 1.165) is 24.5 Å². The Balaban J connectivity index is 2.31. The van der Waals surface area contributed by atoms with Gasteiger partial charge in [-0.1, -0.05) is 25.7 Å². The van der Waals surface area contributed by atoms with Gasteiger partial charge in [-0.15, -0.1) is 0 Å². The Morgan fingerprint density at radius 2 is 2.00 bits per heavy atom. The second-order valence-corrected chi connectivity index (χ2v) is 4.86. The Hall–Kier alpha value is -1.16. The lowest BCUT2D eigenvalue weighted by Crippen LogP contribution is -2.32. The third-order valence-corrected chi connectivity index (χ3v) is 3.65. The van der Waals surface area contributed by atoms with E-state index in [2.05, 4.69) is 22.2 Å². The molecule has 0 amide bonds. The van der Waals surface area contributed by atoms with Crippen LogP contribution in [0.25, 0.3) is 0 Å². The predicted molar refractivity (Wildman–Crippen MR) is 72.6 cm³/mol. The number of anilines is 1. The first kappa shape index (κ1) is 13.3. The van der Waals surface area contributed by atoms with Crippen molar-refractivity contribution in [3.63, 3.8) is 0 Å². The van der Waals surface area contributed by atoms with Crippen LogP contribution in [-0.2, 0) is 10.3 Å². The minimum Gasteiger partial charge on any atom is -0.373 e. The van der Waals surface area contributed by atoms with Gasteiger partial charge in [-0.05, 0) is 25.8 Å². The van der Waals surface area contributed by atoms with Gasteiger partial charge in [0, 0.05) is 19.9 Å². The summed E-state index contributed by atoms with van der Waals surface area (Å²) in [6, 6.07) is 1.89. The number of ether oxygens (including phenoxy) is 1. The van der Waals surface area contributed by atoms with Gasteiger partial charge in [0.05, 0.1) is 0 Å². The molecule has 4 nitrogen and oxygen atoms in total. The molecule has 4 heteroatoms. The highest BCUT2D eigenvalue weighted by atomic mass is 16.5. The van der Waals surface area contributed by atoms with Crippen molar-refractivity contribution in [1.82, 2.24) is 9.97 Å². The van der Waals surface area contributed by atoms with Crippen LogP contribution in [0.5, 0.6) is 0 Å². The fraction of sp³-hybridized carbons (Fsp3) is 0.714. The highest BCUT2D eigenvalue weighted by Gasteiger charge is 2.36. The molecule has 1 fully saturated rings. The molecule has 1 aromatic rings. The predicted octanol–water partition coefficient (Wildman–Crippen LogP) is 3.10. The van der Waals surface area contributed by atoms with Crippen LogP contribution in [0.1, 0.15) is 51.3 Å². The molecule has 18 heavy (non-hydrogen) atoms. The van der Waals surface area contributed by atoms with Crippen LogP contribution in [0, 0.1) is 0 Å². The van der Waals surface area contributed by atoms with Gasteiger partial charge in [0.25, 0.3) is 0 Å². The van der Waals surface area contributed by atoms with E-state index in [4.69, 9.17) is 4.74 Å². The van der Waals surface area contributed by atoms with E-state index in [1.165, 1.54) is 25.7 Å². The summed E-state index contributed by atoms with van der Waals surface area (Å²) in [6.07, 6.45) is 8.88. The summed E-state index contributed by atoms with van der Waals surface area (Å²) in [6.45, 7) is 2.77. The Bertz CT molecular complexity index is 373. The first-order valence-electron chi connectivity index (χ1n) is 6.96. The van der Waals surface area contributed by atoms with Crippen molar-refractivity contribution in [2.45, 2.75) is 51.0 Å². The third kappa shape index (κ3) is 2.80. The molecule has 0 saturated heterocycles. The van der Waals surface area contributed by atoms with Gasteiger partial charge in [-0.3, -0.25) is 0 Å². The van der Waals surface area contributed by atoms with Crippen LogP contribution in [0.2, 0.25) is 0 Å². The molecule has 100 valence electrons. The third-order valence-electron chi connectivity index (χ3n) is 3.65. The molecule has 0 aromatic carbocycles. The van der Waals surface area contributed by atoms with Crippen molar-refractivity contribution in [2.75, 3.05) is 19.0 Å². The summed E-state index contributed by atoms with van der Waals surface area (Å²) in [5.74, 6) is 1.71. The van der Waals surface area contributed by atoms with Gasteiger partial charge in [-0.2, -0.15) is 0 Å². The molecule has 0 radical (unpaired) electrons. The van der Waals surface area contributed by atoms with Gasteiger partial charge < -0.3 is 10.1 Å². The first-order valence-corrected chi connectivity index (χ1v) is 6.96. The molecule has 1 aliphatic carbocycles. The SMILES string of the molecule is CCOC1(c2nccc(NC)n2)CCCCCC1. The maximum Gasteiger partial charge on any atom is 0.162 e. The van der Waals surface area contributed by atoms with Crippen molar-refractivity contribution in [3.8, 4) is 0 Å². The van der Waals surface area contributed by atoms with E-state index in [1.54, 1.807) is 0 Å². The summed E-state index contributed by atoms with van der Waals surface area (Å²) in [5.41, 5.74) is -0.266. The minimum absolute atomic E-state index is 0.266. The number of rotatable bonds is 4. The van der Waals surface area contributed by atoms with E-state index in [0.29, 0.717) is 6.61 Å². The molecule has 0 bridgehead atoms. The van der Waals surface area contributed by atoms with Crippen molar-refractivity contribution in [1.29, 1.82) is 0 Å². The van der Waals surface area contributed by atoms with Crippen molar-refractivity contribution in [3.05, 3.63) is 18.1 Å². The molecule has 2 rings (SSSR count). The molecular formula is C14H23N3O. The van der Waals surface area contributed by atoms with Gasteiger partial charge in [0.1, 0.15) is 11.4 Å². The van der Waals surface area contributed by atoms with Gasteiger partial charge in [0.15, 0.2) is 5.82 Å². The topological polar surface area (TPSA) is 47.0 Å². The average Bonchev–Trinajstić information content (AvgIpc) is 2.66. The lowest BCUT2D eigenvalue weighted by atomic mass is 9.93. The standard InChI is InChI=1S/C14H23N3O/c1-3-18-14(9-6-4-5-7-10-14)13-16-11-8-12(15-2)17-13/h8,11H,3-7,9-10H2,1-2H3,(H,15,16,17). The summed E-state index contributed by atoms with van der Waals surface area (Å²) >= 11 is 0. The van der Waals surface area contributed by atoms with Crippen LogP contribution in [0.4, 0.5) is 5.82 Å². The number of nitrogens with one attached hydrogen (secondary N) is 1. The number of nitrogens with zero attached hydrogens (tertiary/aromatic N) is 2. The lowest BCUT2D eigenvalue weighted by Gasteiger charge is -2.31. The molecule has 0 spiro atoms. The van der Waals surface area contributed by atoms with Crippen LogP contribution in [0.15, 0.2) is 12.3 Å². The van der Waals surface area contributed by atoms with Crippen LogP contribution in [-0.4, -0.2) is 23.6 Å². The van der Waals surface area contributed by atoms with E-state index in [-0.39, 0.29) is 5.60 Å². The molecule has 1 N–H and O–H groups in total. The summed E-state index contributed by atoms with van der Waals surface area (Å²) < 4.78 is 6.08. The van der Waals surface area contributed by atoms with E-state index in [9.17, 15) is 0 Å². The highest BCUT2D eigenvalue weighted by molar-refractivity contribution is 5.32. The molecule has 0 unspecified atom stereocenters. The van der Waals surface area contributed by atoms with Gasteiger partial charge in [-0.25, -0.2) is 9.97 Å². The number of aromatic nitrogens is 2. The molecule has 0 aliphatic heterocycles. The minimum atomic E-state index is -0.266. The van der Waals surface area contributed by atoms with Crippen molar-refractivity contribution >= 4 is 5.82 Å². The van der Waals surface area contributed by atoms with Crippen molar-refractivity contribution < 1.29 is 4.74 Å². The number of hydrogen-bond donors (Lipinski definition) is 1. The second kappa shape index (κ2) is 6.14. The molecule has 1 aliphatic rings. The second-order valence-electron chi connectivity index (χ2n) is 4.86. The highest BCUT2D eigenvalue weighted by Crippen LogP contribution is 2.37. The molecular weight excluding hydrogens is 226 g/mol. The Kier molecular flexibility index (Phi) is 4.53. The van der Waals surface area contributed by atoms with E-state index >= 15 is 0 Å². The monoisotopic (exact) mass is 249 g/mol. The zero-order chi connectivity index (χ0) is 12.8. The summed E-state index contributed by atoms with van der Waals surface area (Å²) in [5, 5.41) is 3.07. The van der Waals surface area contributed by atoms with Crippen molar-refractivity contribution in [2.24, 2.45) is 0 Å². The Morgan fingerprint density at radius 1 is 1.28 bits per heavy atom. The number of hydrogen-bond acceptors (Lipinski definition) is 4. The largest absolute Gasteiger partial charge is 0.373 e. The summed E-state index contributed by atoms with van der Waals surface area (Å²) in [7, 11) is 1.88. The molecule has 1 saturated carbocycles. The van der Waals surface area contributed by atoms with E-state index < -0.39 is 0 Å². The fourth-order valence-corrected chi connectivity index (χ4v) is 2.73. The smallest absolute Gasteiger partial charge is 0.162 e. The zero-order valence-corrected chi connectivity index (χ0v) is 11.4. The van der Waals surface area contributed by atoms with Crippen LogP contribution < -0.4 is 5.32 Å². The lowest BCUT2D eigenvalue weighted by molar-refractivity contribution is -0.0623. The van der Waals surface area contributed by atoms with Gasteiger partial charge >= 0.3 is 0 Å². The Morgan fingerprint density at radius 3 is 2.61 bits per heavy atom. The average molecular weight is 249 g/mol. The Labute approximate surface area is 109 Å². The van der Waals surface area contributed by atoms with Crippen LogP contribution >= 0.6 is 0 Å². The van der Waals surface area contributed by atoms with Crippen LogP contribution in [0.3, 0.4) is 0 Å². The molecule has 0 atom stereocenters. The fourth-order valence-electron chi connectivity index (χ4n) is 2.73. The quantitative estimate of drug-likeness (QED) is 0.833. The van der Waals surface area contributed by atoms with Gasteiger partial charge in [0.2, 0.25) is 0 Å². The maximum absolute atomic E-state index is 6.08. The molecule has 1 aromatic heterocycles. The normalized spacial score (nSPS) is 19.2. The first-order chi connectivity index (χ1) is 8.80. The molecule has 1 heterocycles.